The van der Waals surface area contributed by atoms with Crippen molar-refractivity contribution in [1.82, 2.24) is 15.0 Å². The molecule has 0 atom stereocenters. The molecule has 26 heavy (non-hydrogen) atoms. The molecule has 0 aliphatic heterocycles. The molecule has 0 aliphatic rings. The molecule has 0 spiro atoms. The van der Waals surface area contributed by atoms with Crippen molar-refractivity contribution in [3.8, 4) is 34.2 Å². The Bertz CT molecular complexity index is 1120. The zero-order valence-electron chi connectivity index (χ0n) is 13.8. The Hall–Kier alpha value is -3.19. The van der Waals surface area contributed by atoms with Gasteiger partial charge in [-0.05, 0) is 23.6 Å². The Balaban J connectivity index is 2.01. The van der Waals surface area contributed by atoms with Gasteiger partial charge in [-0.3, -0.25) is 0 Å². The predicted octanol–water partition coefficient (Wildman–Crippen LogP) is 3.80. The number of hydrogen-bond donors (Lipinski definition) is 3. The SMILES string of the molecule is COc1cccc2c(-c3c(S)nnn3-c3ccc(O)cc3O)cccc12. The molecule has 1 heterocycles. The largest absolute Gasteiger partial charge is 0.508 e. The maximum atomic E-state index is 10.2. The van der Waals surface area contributed by atoms with Crippen molar-refractivity contribution in [2.45, 2.75) is 5.03 Å². The summed E-state index contributed by atoms with van der Waals surface area (Å²) >= 11 is 4.45. The third kappa shape index (κ3) is 2.53. The van der Waals surface area contributed by atoms with Crippen molar-refractivity contribution in [2.75, 3.05) is 7.11 Å². The molecule has 7 heteroatoms. The number of fused-ring (bicyclic) bond motifs is 1. The van der Waals surface area contributed by atoms with Crippen LogP contribution in [0.15, 0.2) is 59.6 Å². The first-order valence-electron chi connectivity index (χ1n) is 7.83. The lowest BCUT2D eigenvalue weighted by molar-refractivity contribution is 0.420. The maximum Gasteiger partial charge on any atom is 0.145 e. The van der Waals surface area contributed by atoms with Crippen molar-refractivity contribution < 1.29 is 14.9 Å². The molecule has 4 aromatic rings. The van der Waals surface area contributed by atoms with Crippen LogP contribution in [0.1, 0.15) is 0 Å². The third-order valence-corrected chi connectivity index (χ3v) is 4.50. The molecule has 2 N–H and O–H groups in total. The molecule has 0 aliphatic carbocycles. The number of aromatic hydroxyl groups is 2. The third-order valence-electron chi connectivity index (χ3n) is 4.20. The second-order valence-electron chi connectivity index (χ2n) is 5.71. The van der Waals surface area contributed by atoms with Gasteiger partial charge in [0.15, 0.2) is 0 Å². The summed E-state index contributed by atoms with van der Waals surface area (Å²) in [4.78, 5) is 0. The van der Waals surface area contributed by atoms with E-state index in [4.69, 9.17) is 4.74 Å². The Labute approximate surface area is 154 Å². The highest BCUT2D eigenvalue weighted by molar-refractivity contribution is 7.80. The molecule has 4 rings (SSSR count). The molecule has 0 fully saturated rings. The summed E-state index contributed by atoms with van der Waals surface area (Å²) < 4.78 is 6.96. The van der Waals surface area contributed by atoms with E-state index in [0.717, 1.165) is 22.1 Å². The normalized spacial score (nSPS) is 11.0. The molecule has 0 radical (unpaired) electrons. The highest BCUT2D eigenvalue weighted by atomic mass is 32.1. The lowest BCUT2D eigenvalue weighted by atomic mass is 10.0. The first-order chi connectivity index (χ1) is 12.6. The van der Waals surface area contributed by atoms with Crippen molar-refractivity contribution in [1.29, 1.82) is 0 Å². The summed E-state index contributed by atoms with van der Waals surface area (Å²) in [5.74, 6) is 0.618. The molecule has 0 amide bonds. The molecule has 1 aromatic heterocycles. The number of methoxy groups -OCH3 is 1. The summed E-state index contributed by atoms with van der Waals surface area (Å²) in [6.07, 6.45) is 0. The van der Waals surface area contributed by atoms with E-state index in [9.17, 15) is 10.2 Å². The van der Waals surface area contributed by atoms with E-state index >= 15 is 0 Å². The topological polar surface area (TPSA) is 80.4 Å². The molecule has 0 bridgehead atoms. The Morgan fingerprint density at radius 3 is 2.54 bits per heavy atom. The van der Waals surface area contributed by atoms with Gasteiger partial charge in [0.2, 0.25) is 0 Å². The second kappa shape index (κ2) is 6.27. The number of rotatable bonds is 3. The van der Waals surface area contributed by atoms with Crippen LogP contribution < -0.4 is 4.74 Å². The fourth-order valence-electron chi connectivity index (χ4n) is 3.03. The lowest BCUT2D eigenvalue weighted by Crippen LogP contribution is -2.00. The maximum absolute atomic E-state index is 10.2. The Morgan fingerprint density at radius 2 is 1.77 bits per heavy atom. The van der Waals surface area contributed by atoms with Gasteiger partial charge >= 0.3 is 0 Å². The van der Waals surface area contributed by atoms with Crippen LogP contribution in [-0.2, 0) is 0 Å². The number of aromatic nitrogens is 3. The lowest BCUT2D eigenvalue weighted by Gasteiger charge is -2.12. The van der Waals surface area contributed by atoms with E-state index < -0.39 is 0 Å². The summed E-state index contributed by atoms with van der Waals surface area (Å²) in [6, 6.07) is 15.9. The summed E-state index contributed by atoms with van der Waals surface area (Å²) in [5, 5.41) is 30.3. The van der Waals surface area contributed by atoms with Gasteiger partial charge in [0.1, 0.15) is 33.7 Å². The van der Waals surface area contributed by atoms with Crippen LogP contribution in [-0.4, -0.2) is 32.3 Å². The standard InChI is InChI=1S/C19H15N3O3S/c1-25-17-7-3-4-12-13(17)5-2-6-14(12)18-19(26)20-21-22(18)15-9-8-11(23)10-16(15)24/h2-10,23-24,26H,1H3. The average Bonchev–Trinajstić information content (AvgIpc) is 3.01. The van der Waals surface area contributed by atoms with Crippen molar-refractivity contribution in [3.63, 3.8) is 0 Å². The van der Waals surface area contributed by atoms with E-state index in [1.165, 1.54) is 16.8 Å². The highest BCUT2D eigenvalue weighted by Crippen LogP contribution is 2.37. The van der Waals surface area contributed by atoms with Gasteiger partial charge in [-0.25, -0.2) is 4.68 Å². The van der Waals surface area contributed by atoms with Crippen LogP contribution in [0.2, 0.25) is 0 Å². The molecular formula is C19H15N3O3S. The van der Waals surface area contributed by atoms with Gasteiger partial charge in [-0.2, -0.15) is 0 Å². The van der Waals surface area contributed by atoms with Gasteiger partial charge in [0.25, 0.3) is 0 Å². The summed E-state index contributed by atoms with van der Waals surface area (Å²) in [6.45, 7) is 0. The van der Waals surface area contributed by atoms with Crippen LogP contribution in [0.5, 0.6) is 17.2 Å². The molecule has 130 valence electrons. The van der Waals surface area contributed by atoms with Gasteiger partial charge in [0.05, 0.1) is 7.11 Å². The minimum Gasteiger partial charge on any atom is -0.508 e. The van der Waals surface area contributed by atoms with E-state index in [0.29, 0.717) is 16.4 Å². The number of ether oxygens (including phenoxy) is 1. The molecule has 0 unspecified atom stereocenters. The number of phenols is 2. The summed E-state index contributed by atoms with van der Waals surface area (Å²) in [5.41, 5.74) is 1.88. The van der Waals surface area contributed by atoms with Gasteiger partial charge in [-0.15, -0.1) is 17.7 Å². The van der Waals surface area contributed by atoms with E-state index in [-0.39, 0.29) is 11.5 Å². The van der Waals surface area contributed by atoms with Gasteiger partial charge in [0, 0.05) is 17.0 Å². The van der Waals surface area contributed by atoms with E-state index in [1.807, 2.05) is 36.4 Å². The monoisotopic (exact) mass is 365 g/mol. The summed E-state index contributed by atoms with van der Waals surface area (Å²) in [7, 11) is 1.63. The quantitative estimate of drug-likeness (QED) is 0.481. The second-order valence-corrected chi connectivity index (χ2v) is 6.13. The number of thiol groups is 1. The predicted molar refractivity (Wildman–Crippen MR) is 101 cm³/mol. The van der Waals surface area contributed by atoms with Crippen molar-refractivity contribution >= 4 is 23.4 Å². The smallest absolute Gasteiger partial charge is 0.145 e. The zero-order valence-corrected chi connectivity index (χ0v) is 14.7. The Morgan fingerprint density at radius 1 is 1.00 bits per heavy atom. The number of phenolic OH excluding ortho intramolecular Hbond substituents is 2. The van der Waals surface area contributed by atoms with Gasteiger partial charge in [-0.1, -0.05) is 35.5 Å². The number of hydrogen-bond acceptors (Lipinski definition) is 6. The van der Waals surface area contributed by atoms with Crippen LogP contribution in [0.4, 0.5) is 0 Å². The van der Waals surface area contributed by atoms with Gasteiger partial charge < -0.3 is 14.9 Å². The highest BCUT2D eigenvalue weighted by Gasteiger charge is 2.19. The molecule has 3 aromatic carbocycles. The molecule has 6 nitrogen and oxygen atoms in total. The first-order valence-corrected chi connectivity index (χ1v) is 8.28. The van der Waals surface area contributed by atoms with Crippen molar-refractivity contribution in [2.24, 2.45) is 0 Å². The van der Waals surface area contributed by atoms with Crippen LogP contribution in [0, 0.1) is 0 Å². The molecular weight excluding hydrogens is 350 g/mol. The zero-order chi connectivity index (χ0) is 18.3. The number of nitrogens with zero attached hydrogens (tertiary/aromatic N) is 3. The average molecular weight is 365 g/mol. The van der Waals surface area contributed by atoms with Crippen molar-refractivity contribution in [3.05, 3.63) is 54.6 Å². The fourth-order valence-corrected chi connectivity index (χ4v) is 3.29. The number of benzene rings is 3. The first kappa shape index (κ1) is 16.3. The van der Waals surface area contributed by atoms with Crippen LogP contribution in [0.25, 0.3) is 27.7 Å². The molecule has 0 saturated carbocycles. The fraction of sp³-hybridized carbons (Fsp3) is 0.0526. The molecule has 0 saturated heterocycles. The Kier molecular flexibility index (Phi) is 3.93. The van der Waals surface area contributed by atoms with Crippen LogP contribution >= 0.6 is 12.6 Å². The van der Waals surface area contributed by atoms with Crippen LogP contribution in [0.3, 0.4) is 0 Å². The minimum atomic E-state index is -0.109. The minimum absolute atomic E-state index is 0.0334. The van der Waals surface area contributed by atoms with E-state index in [1.54, 1.807) is 13.2 Å². The van der Waals surface area contributed by atoms with E-state index in [2.05, 4.69) is 22.9 Å².